The molecule has 0 aliphatic rings. The van der Waals surface area contributed by atoms with Gasteiger partial charge in [-0.1, -0.05) is 0 Å². The lowest BCUT2D eigenvalue weighted by Crippen LogP contribution is -2.48. The van der Waals surface area contributed by atoms with E-state index in [0.717, 1.165) is 4.57 Å². The highest BCUT2D eigenvalue weighted by Gasteiger charge is 2.57. The predicted octanol–water partition coefficient (Wildman–Crippen LogP) is 1.15. The lowest BCUT2D eigenvalue weighted by molar-refractivity contribution is -0.272. The monoisotopic (exact) mass is 365 g/mol. The van der Waals surface area contributed by atoms with Crippen LogP contribution in [0.3, 0.4) is 0 Å². The second-order valence-electron chi connectivity index (χ2n) is 5.50. The third-order valence-corrected chi connectivity index (χ3v) is 3.56. The summed E-state index contributed by atoms with van der Waals surface area (Å²) in [5.41, 5.74) is -3.04. The molecule has 0 aromatic carbocycles. The van der Waals surface area contributed by atoms with E-state index in [1.807, 2.05) is 6.92 Å². The maximum atomic E-state index is 13.4. The van der Waals surface area contributed by atoms with Gasteiger partial charge in [0.15, 0.2) is 5.96 Å². The van der Waals surface area contributed by atoms with Crippen LogP contribution >= 0.6 is 0 Å². The first kappa shape index (κ1) is 21.2. The normalized spacial score (nSPS) is 15.1. The molecule has 0 bridgehead atoms. The van der Waals surface area contributed by atoms with Crippen LogP contribution in [0.5, 0.6) is 0 Å². The molecule has 144 valence electrons. The van der Waals surface area contributed by atoms with Crippen molar-refractivity contribution in [1.82, 2.24) is 20.2 Å². The fourth-order valence-corrected chi connectivity index (χ4v) is 2.25. The average Bonchev–Trinajstić information content (AvgIpc) is 2.96. The summed E-state index contributed by atoms with van der Waals surface area (Å²) >= 11 is 0. The Morgan fingerprint density at radius 1 is 1.40 bits per heavy atom. The van der Waals surface area contributed by atoms with E-state index in [9.17, 15) is 18.3 Å². The first-order valence-electron chi connectivity index (χ1n) is 8.04. The molecule has 7 nitrogen and oxygen atoms in total. The van der Waals surface area contributed by atoms with Gasteiger partial charge in [0.25, 0.3) is 0 Å². The van der Waals surface area contributed by atoms with Gasteiger partial charge in [0.05, 0.1) is 0 Å². The van der Waals surface area contributed by atoms with Crippen molar-refractivity contribution < 1.29 is 23.0 Å². The van der Waals surface area contributed by atoms with E-state index in [1.54, 1.807) is 7.11 Å². The number of guanidine groups is 1. The molecule has 1 heterocycles. The molecule has 0 aliphatic carbocycles. The molecule has 10 heteroatoms. The number of hydrogen-bond acceptors (Lipinski definition) is 4. The van der Waals surface area contributed by atoms with Crippen molar-refractivity contribution in [3.8, 4) is 0 Å². The molecule has 1 aromatic rings. The van der Waals surface area contributed by atoms with Crippen LogP contribution in [-0.2, 0) is 17.4 Å². The third-order valence-electron chi connectivity index (χ3n) is 3.56. The number of rotatable bonds is 9. The molecule has 0 saturated carbocycles. The summed E-state index contributed by atoms with van der Waals surface area (Å²) in [5, 5.41) is 16.0. The van der Waals surface area contributed by atoms with E-state index in [4.69, 9.17) is 4.74 Å². The standard InChI is InChI=1S/C15H26F3N5O2/c1-4-19-13(21-7-5-11-25-3)22-8-6-14(24,15(16,17)18)12-20-9-10-23(12)2/h9-10,24H,4-8,11H2,1-3H3,(H2,19,21,22). The number of aryl methyl sites for hydroxylation is 1. The number of halogens is 3. The lowest BCUT2D eigenvalue weighted by atomic mass is 9.97. The molecule has 1 atom stereocenters. The smallest absolute Gasteiger partial charge is 0.385 e. The molecule has 0 fully saturated rings. The van der Waals surface area contributed by atoms with Crippen LogP contribution in [0.15, 0.2) is 17.4 Å². The van der Waals surface area contributed by atoms with Crippen LogP contribution < -0.4 is 10.6 Å². The minimum atomic E-state index is -4.85. The van der Waals surface area contributed by atoms with E-state index in [-0.39, 0.29) is 6.54 Å². The maximum absolute atomic E-state index is 13.4. The number of imidazole rings is 1. The van der Waals surface area contributed by atoms with Gasteiger partial charge in [-0.25, -0.2) is 4.98 Å². The van der Waals surface area contributed by atoms with Crippen molar-refractivity contribution >= 4 is 5.96 Å². The molecule has 0 aliphatic heterocycles. The van der Waals surface area contributed by atoms with Crippen molar-refractivity contribution in [2.24, 2.45) is 12.0 Å². The molecule has 0 amide bonds. The summed E-state index contributed by atoms with van der Waals surface area (Å²) < 4.78 is 46.3. The number of aliphatic hydroxyl groups is 1. The predicted molar refractivity (Wildman–Crippen MR) is 88.3 cm³/mol. The van der Waals surface area contributed by atoms with Gasteiger partial charge in [-0.3, -0.25) is 4.99 Å². The average molecular weight is 365 g/mol. The van der Waals surface area contributed by atoms with Crippen molar-refractivity contribution in [2.75, 3.05) is 33.4 Å². The van der Waals surface area contributed by atoms with Crippen LogP contribution in [0.1, 0.15) is 25.6 Å². The zero-order valence-electron chi connectivity index (χ0n) is 14.7. The fraction of sp³-hybridized carbons (Fsp3) is 0.733. The van der Waals surface area contributed by atoms with Crippen LogP contribution in [0, 0.1) is 0 Å². The topological polar surface area (TPSA) is 83.7 Å². The Labute approximate surface area is 145 Å². The Balaban J connectivity index is 2.74. The Kier molecular flexibility index (Phi) is 8.17. The number of nitrogens with zero attached hydrogens (tertiary/aromatic N) is 3. The summed E-state index contributed by atoms with van der Waals surface area (Å²) in [6.45, 7) is 3.33. The Bertz CT molecular complexity index is 548. The van der Waals surface area contributed by atoms with Crippen LogP contribution in [0.4, 0.5) is 13.2 Å². The first-order chi connectivity index (χ1) is 11.8. The minimum absolute atomic E-state index is 0.126. The van der Waals surface area contributed by atoms with Crippen molar-refractivity contribution in [3.05, 3.63) is 18.2 Å². The van der Waals surface area contributed by atoms with Crippen molar-refractivity contribution in [3.63, 3.8) is 0 Å². The van der Waals surface area contributed by atoms with Gasteiger partial charge in [0, 0.05) is 59.2 Å². The fourth-order valence-electron chi connectivity index (χ4n) is 2.25. The van der Waals surface area contributed by atoms with Gasteiger partial charge in [0.1, 0.15) is 5.82 Å². The van der Waals surface area contributed by atoms with Gasteiger partial charge in [-0.15, -0.1) is 0 Å². The summed E-state index contributed by atoms with van der Waals surface area (Å²) in [6, 6.07) is 0. The molecule has 0 spiro atoms. The number of aliphatic imine (C=N–C) groups is 1. The van der Waals surface area contributed by atoms with Gasteiger partial charge in [0.2, 0.25) is 5.60 Å². The summed E-state index contributed by atoms with van der Waals surface area (Å²) in [6.07, 6.45) is -2.15. The molecule has 1 rings (SSSR count). The minimum Gasteiger partial charge on any atom is -0.385 e. The summed E-state index contributed by atoms with van der Waals surface area (Å²) in [4.78, 5) is 7.91. The Morgan fingerprint density at radius 2 is 2.12 bits per heavy atom. The molecular formula is C15H26F3N5O2. The number of hydrogen-bond donors (Lipinski definition) is 3. The zero-order valence-corrected chi connectivity index (χ0v) is 14.7. The van der Waals surface area contributed by atoms with E-state index in [1.165, 1.54) is 19.4 Å². The van der Waals surface area contributed by atoms with Gasteiger partial charge in [-0.05, 0) is 13.3 Å². The highest BCUT2D eigenvalue weighted by Crippen LogP contribution is 2.40. The summed E-state index contributed by atoms with van der Waals surface area (Å²) in [7, 11) is 3.00. The van der Waals surface area contributed by atoms with Crippen LogP contribution in [0.25, 0.3) is 0 Å². The van der Waals surface area contributed by atoms with Gasteiger partial charge in [-0.2, -0.15) is 13.2 Å². The lowest BCUT2D eigenvalue weighted by Gasteiger charge is -2.30. The number of nitrogens with one attached hydrogen (secondary N) is 2. The van der Waals surface area contributed by atoms with E-state index in [0.29, 0.717) is 32.1 Å². The van der Waals surface area contributed by atoms with Crippen LogP contribution in [0.2, 0.25) is 0 Å². The quantitative estimate of drug-likeness (QED) is 0.347. The van der Waals surface area contributed by atoms with E-state index < -0.39 is 24.0 Å². The van der Waals surface area contributed by atoms with Crippen molar-refractivity contribution in [1.29, 1.82) is 0 Å². The Morgan fingerprint density at radius 3 is 2.64 bits per heavy atom. The van der Waals surface area contributed by atoms with Gasteiger partial charge >= 0.3 is 6.18 Å². The third kappa shape index (κ3) is 5.89. The van der Waals surface area contributed by atoms with E-state index in [2.05, 4.69) is 20.6 Å². The Hall–Kier alpha value is -1.81. The molecular weight excluding hydrogens is 339 g/mol. The largest absolute Gasteiger partial charge is 0.424 e. The highest BCUT2D eigenvalue weighted by atomic mass is 19.4. The maximum Gasteiger partial charge on any atom is 0.424 e. The second-order valence-corrected chi connectivity index (χ2v) is 5.50. The molecule has 3 N–H and O–H groups in total. The van der Waals surface area contributed by atoms with Crippen molar-refractivity contribution in [2.45, 2.75) is 31.5 Å². The molecule has 0 saturated heterocycles. The molecule has 25 heavy (non-hydrogen) atoms. The highest BCUT2D eigenvalue weighted by molar-refractivity contribution is 5.79. The number of ether oxygens (including phenoxy) is 1. The number of aromatic nitrogens is 2. The molecule has 0 radical (unpaired) electrons. The second kappa shape index (κ2) is 9.62. The first-order valence-corrected chi connectivity index (χ1v) is 8.04. The summed E-state index contributed by atoms with van der Waals surface area (Å²) in [5.74, 6) is -0.0493. The molecule has 1 unspecified atom stereocenters. The SMILES string of the molecule is CCNC(=NCCCOC)NCCC(O)(c1nccn1C)C(F)(F)F. The van der Waals surface area contributed by atoms with E-state index >= 15 is 0 Å². The number of alkyl halides is 3. The van der Waals surface area contributed by atoms with Gasteiger partial charge < -0.3 is 25.0 Å². The molecule has 1 aromatic heterocycles. The number of methoxy groups -OCH3 is 1. The van der Waals surface area contributed by atoms with Crippen LogP contribution in [-0.4, -0.2) is 60.1 Å². The zero-order chi connectivity index (χ0) is 18.9.